The lowest BCUT2D eigenvalue weighted by atomic mass is 10.1. The minimum Gasteiger partial charge on any atom is -0.316 e. The first-order valence-corrected chi connectivity index (χ1v) is 7.55. The molecule has 0 aromatic heterocycles. The molecule has 112 valence electrons. The lowest BCUT2D eigenvalue weighted by Crippen LogP contribution is -2.34. The molecule has 5 nitrogen and oxygen atoms in total. The molecule has 1 saturated heterocycles. The average Bonchev–Trinajstić information content (AvgIpc) is 3.06. The van der Waals surface area contributed by atoms with E-state index in [0.717, 1.165) is 26.1 Å². The van der Waals surface area contributed by atoms with Crippen LogP contribution in [0.4, 0.5) is 0 Å². The van der Waals surface area contributed by atoms with Crippen molar-refractivity contribution in [1.29, 1.82) is 0 Å². The second-order valence-electron chi connectivity index (χ2n) is 5.74. The molecule has 1 fully saturated rings. The van der Waals surface area contributed by atoms with Crippen molar-refractivity contribution in [3.63, 3.8) is 0 Å². The lowest BCUT2D eigenvalue weighted by Gasteiger charge is -2.18. The number of nitrogens with zero attached hydrogens (tertiary/aromatic N) is 2. The summed E-state index contributed by atoms with van der Waals surface area (Å²) in [6.45, 7) is 3.59. The Hall–Kier alpha value is -1.72. The first-order valence-electron chi connectivity index (χ1n) is 7.55. The summed E-state index contributed by atoms with van der Waals surface area (Å²) in [6.07, 6.45) is 2.01. The molecule has 0 radical (unpaired) electrons. The monoisotopic (exact) mass is 287 g/mol. The van der Waals surface area contributed by atoms with E-state index in [1.165, 1.54) is 11.3 Å². The molecule has 2 aliphatic rings. The van der Waals surface area contributed by atoms with E-state index in [1.807, 2.05) is 7.05 Å². The van der Waals surface area contributed by atoms with E-state index in [0.29, 0.717) is 23.7 Å². The topological polar surface area (TPSA) is 52.6 Å². The van der Waals surface area contributed by atoms with Crippen LogP contribution in [0.3, 0.4) is 0 Å². The number of hydrogen-bond donors (Lipinski definition) is 1. The fourth-order valence-corrected chi connectivity index (χ4v) is 3.17. The Bertz CT molecular complexity index is 523. The van der Waals surface area contributed by atoms with Gasteiger partial charge in [-0.3, -0.25) is 14.5 Å². The van der Waals surface area contributed by atoms with Gasteiger partial charge in [0.05, 0.1) is 11.1 Å². The molecule has 1 atom stereocenters. The van der Waals surface area contributed by atoms with Crippen molar-refractivity contribution in [3.8, 4) is 0 Å². The van der Waals surface area contributed by atoms with Crippen LogP contribution in [-0.2, 0) is 0 Å². The first-order chi connectivity index (χ1) is 10.2. The Morgan fingerprint density at radius 2 is 1.81 bits per heavy atom. The third-order valence-electron chi connectivity index (χ3n) is 4.41. The number of benzene rings is 1. The van der Waals surface area contributed by atoms with Gasteiger partial charge in [0.1, 0.15) is 0 Å². The van der Waals surface area contributed by atoms with Gasteiger partial charge < -0.3 is 10.2 Å². The minimum atomic E-state index is -0.148. The maximum Gasteiger partial charge on any atom is 0.261 e. The Morgan fingerprint density at radius 1 is 1.14 bits per heavy atom. The van der Waals surface area contributed by atoms with E-state index in [9.17, 15) is 9.59 Å². The van der Waals surface area contributed by atoms with Crippen molar-refractivity contribution in [3.05, 3.63) is 35.4 Å². The van der Waals surface area contributed by atoms with Crippen LogP contribution in [0.1, 0.15) is 33.6 Å². The summed E-state index contributed by atoms with van der Waals surface area (Å²) in [5.74, 6) is -0.296. The number of fused-ring (bicyclic) bond motifs is 1. The lowest BCUT2D eigenvalue weighted by molar-refractivity contribution is 0.0648. The van der Waals surface area contributed by atoms with Gasteiger partial charge in [-0.15, -0.1) is 0 Å². The quantitative estimate of drug-likeness (QED) is 0.820. The number of carbonyl (C=O) groups excluding carboxylic acids is 2. The third-order valence-corrected chi connectivity index (χ3v) is 4.41. The molecule has 21 heavy (non-hydrogen) atoms. The number of likely N-dealkylation sites (tertiary alicyclic amines) is 1. The fourth-order valence-electron chi connectivity index (χ4n) is 3.17. The highest BCUT2D eigenvalue weighted by Gasteiger charge is 2.34. The van der Waals surface area contributed by atoms with Crippen molar-refractivity contribution >= 4 is 11.8 Å². The Morgan fingerprint density at radius 3 is 2.38 bits per heavy atom. The molecule has 1 N–H and O–H groups in total. The number of hydrogen-bond acceptors (Lipinski definition) is 4. The summed E-state index contributed by atoms with van der Waals surface area (Å²) in [4.78, 5) is 28.2. The average molecular weight is 287 g/mol. The Balaban J connectivity index is 1.53. The van der Waals surface area contributed by atoms with Crippen LogP contribution in [0, 0.1) is 0 Å². The largest absolute Gasteiger partial charge is 0.316 e. The van der Waals surface area contributed by atoms with E-state index in [2.05, 4.69) is 10.2 Å². The van der Waals surface area contributed by atoms with Gasteiger partial charge in [-0.05, 0) is 45.1 Å². The predicted octanol–water partition coefficient (Wildman–Crippen LogP) is 0.966. The number of carbonyl (C=O) groups is 2. The van der Waals surface area contributed by atoms with Crippen molar-refractivity contribution in [2.45, 2.75) is 18.9 Å². The number of rotatable bonds is 5. The molecule has 1 aromatic carbocycles. The van der Waals surface area contributed by atoms with Crippen molar-refractivity contribution in [2.75, 3.05) is 33.2 Å². The van der Waals surface area contributed by atoms with Gasteiger partial charge in [0.25, 0.3) is 11.8 Å². The smallest absolute Gasteiger partial charge is 0.261 e. The highest BCUT2D eigenvalue weighted by molar-refractivity contribution is 6.21. The zero-order valence-electron chi connectivity index (χ0n) is 12.3. The maximum absolute atomic E-state index is 12.2. The molecule has 0 spiro atoms. The minimum absolute atomic E-state index is 0.148. The maximum atomic E-state index is 12.2. The number of imide groups is 1. The molecule has 2 heterocycles. The molecule has 2 amide bonds. The number of amides is 2. The van der Waals surface area contributed by atoms with E-state index in [-0.39, 0.29) is 11.8 Å². The zero-order chi connectivity index (χ0) is 14.8. The van der Waals surface area contributed by atoms with Crippen molar-refractivity contribution < 1.29 is 9.59 Å². The van der Waals surface area contributed by atoms with Crippen LogP contribution in [0.2, 0.25) is 0 Å². The fraction of sp³-hybridized carbons (Fsp3) is 0.500. The zero-order valence-corrected chi connectivity index (χ0v) is 12.3. The molecule has 3 rings (SSSR count). The summed E-state index contributed by atoms with van der Waals surface area (Å²) in [6, 6.07) is 7.64. The molecule has 0 saturated carbocycles. The van der Waals surface area contributed by atoms with Crippen LogP contribution in [-0.4, -0.2) is 60.9 Å². The van der Waals surface area contributed by atoms with Gasteiger partial charge in [-0.25, -0.2) is 0 Å². The van der Waals surface area contributed by atoms with Crippen LogP contribution >= 0.6 is 0 Å². The van der Waals surface area contributed by atoms with Gasteiger partial charge in [-0.1, -0.05) is 12.1 Å². The summed E-state index contributed by atoms with van der Waals surface area (Å²) in [5.41, 5.74) is 1.08. The molecule has 0 bridgehead atoms. The molecule has 1 aromatic rings. The number of likely N-dealkylation sites (N-methyl/N-ethyl adjacent to an activating group) is 1. The molecular formula is C16H21N3O2. The summed E-state index contributed by atoms with van der Waals surface area (Å²) in [5, 5.41) is 3.29. The van der Waals surface area contributed by atoms with Gasteiger partial charge >= 0.3 is 0 Å². The van der Waals surface area contributed by atoms with E-state index >= 15 is 0 Å². The van der Waals surface area contributed by atoms with E-state index in [4.69, 9.17) is 0 Å². The third kappa shape index (κ3) is 2.71. The summed E-state index contributed by atoms with van der Waals surface area (Å²) < 4.78 is 0. The molecule has 0 aliphatic carbocycles. The summed E-state index contributed by atoms with van der Waals surface area (Å²) >= 11 is 0. The van der Waals surface area contributed by atoms with E-state index in [1.54, 1.807) is 24.3 Å². The van der Waals surface area contributed by atoms with Crippen LogP contribution < -0.4 is 5.32 Å². The van der Waals surface area contributed by atoms with Gasteiger partial charge in [0.15, 0.2) is 0 Å². The highest BCUT2D eigenvalue weighted by atomic mass is 16.2. The van der Waals surface area contributed by atoms with Crippen LogP contribution in [0.25, 0.3) is 0 Å². The second-order valence-corrected chi connectivity index (χ2v) is 5.74. The normalized spacial score (nSPS) is 22.1. The number of nitrogens with one attached hydrogen (secondary N) is 1. The predicted molar refractivity (Wildman–Crippen MR) is 80.3 cm³/mol. The molecule has 2 aliphatic heterocycles. The van der Waals surface area contributed by atoms with E-state index < -0.39 is 0 Å². The van der Waals surface area contributed by atoms with Crippen molar-refractivity contribution in [2.24, 2.45) is 0 Å². The summed E-state index contributed by atoms with van der Waals surface area (Å²) in [7, 11) is 1.99. The van der Waals surface area contributed by atoms with Crippen LogP contribution in [0.15, 0.2) is 24.3 Å². The standard InChI is InChI=1S/C16H21N3O2/c1-17-12-7-10-18(11-12)8-4-9-19-15(20)13-5-2-3-6-14(13)16(19)21/h2-3,5-6,12,17H,4,7-11H2,1H3. The van der Waals surface area contributed by atoms with Gasteiger partial charge in [0, 0.05) is 19.1 Å². The Labute approximate surface area is 124 Å². The van der Waals surface area contributed by atoms with Gasteiger partial charge in [0.2, 0.25) is 0 Å². The van der Waals surface area contributed by atoms with Crippen LogP contribution in [0.5, 0.6) is 0 Å². The molecule has 5 heteroatoms. The second kappa shape index (κ2) is 5.95. The highest BCUT2D eigenvalue weighted by Crippen LogP contribution is 2.22. The molecule has 1 unspecified atom stereocenters. The molecular weight excluding hydrogens is 266 g/mol. The van der Waals surface area contributed by atoms with Gasteiger partial charge in [-0.2, -0.15) is 0 Å². The first kappa shape index (κ1) is 14.2. The van der Waals surface area contributed by atoms with Crippen molar-refractivity contribution in [1.82, 2.24) is 15.1 Å². The Kier molecular flexibility index (Phi) is 4.03. The SMILES string of the molecule is CNC1CCN(CCCN2C(=O)c3ccccc3C2=O)C1.